The second-order valence-electron chi connectivity index (χ2n) is 4.26. The molecule has 0 saturated carbocycles. The molecule has 2 heteroatoms. The van der Waals surface area contributed by atoms with Crippen molar-refractivity contribution in [2.45, 2.75) is 44.9 Å². The van der Waals surface area contributed by atoms with Crippen LogP contribution < -0.4 is 5.32 Å². The number of fused-ring (bicyclic) bond motifs is 1. The average Bonchev–Trinajstić information content (AvgIpc) is 2.62. The molecule has 1 aromatic rings. The molecule has 2 nitrogen and oxygen atoms in total. The minimum Gasteiger partial charge on any atom is -0.379 e. The maximum Gasteiger partial charge on any atom is 0.105 e. The lowest BCUT2D eigenvalue weighted by Crippen LogP contribution is -2.31. The monoisotopic (exact) mass is 205 g/mol. The van der Waals surface area contributed by atoms with Crippen molar-refractivity contribution in [3.63, 3.8) is 0 Å². The van der Waals surface area contributed by atoms with E-state index in [1.165, 1.54) is 11.1 Å². The fourth-order valence-electron chi connectivity index (χ4n) is 2.32. The Morgan fingerprint density at radius 1 is 1.47 bits per heavy atom. The van der Waals surface area contributed by atoms with Crippen LogP contribution in [0.15, 0.2) is 24.3 Å². The van der Waals surface area contributed by atoms with Gasteiger partial charge in [-0.1, -0.05) is 37.6 Å². The van der Waals surface area contributed by atoms with Crippen molar-refractivity contribution in [1.82, 2.24) is 5.32 Å². The van der Waals surface area contributed by atoms with Crippen molar-refractivity contribution < 1.29 is 5.11 Å². The molecule has 82 valence electrons. The molecule has 0 heterocycles. The molecule has 2 atom stereocenters. The summed E-state index contributed by atoms with van der Waals surface area (Å²) in [6.45, 7) is 2.09. The van der Waals surface area contributed by atoms with Gasteiger partial charge in [0.25, 0.3) is 0 Å². The summed E-state index contributed by atoms with van der Waals surface area (Å²) in [7, 11) is 0. The van der Waals surface area contributed by atoms with Crippen LogP contribution >= 0.6 is 0 Å². The number of aliphatic hydroxyl groups is 1. The lowest BCUT2D eigenvalue weighted by molar-refractivity contribution is 0.112. The molecule has 1 aromatic carbocycles. The number of rotatable bonds is 4. The van der Waals surface area contributed by atoms with Crippen molar-refractivity contribution in [1.29, 1.82) is 0 Å². The SMILES string of the molecule is CCCC(O)NC1CCc2ccccc21. The summed E-state index contributed by atoms with van der Waals surface area (Å²) in [4.78, 5) is 0. The third-order valence-electron chi connectivity index (χ3n) is 3.09. The minimum absolute atomic E-state index is 0.350. The number of benzene rings is 1. The van der Waals surface area contributed by atoms with E-state index in [4.69, 9.17) is 0 Å². The third kappa shape index (κ3) is 2.39. The van der Waals surface area contributed by atoms with Gasteiger partial charge >= 0.3 is 0 Å². The largest absolute Gasteiger partial charge is 0.379 e. The second kappa shape index (κ2) is 4.77. The molecule has 0 aliphatic heterocycles. The Labute approximate surface area is 91.3 Å². The van der Waals surface area contributed by atoms with E-state index >= 15 is 0 Å². The molecule has 0 spiro atoms. The summed E-state index contributed by atoms with van der Waals surface area (Å²) in [5.74, 6) is 0. The first-order chi connectivity index (χ1) is 7.31. The second-order valence-corrected chi connectivity index (χ2v) is 4.26. The highest BCUT2D eigenvalue weighted by atomic mass is 16.3. The Bertz CT molecular complexity index is 324. The molecule has 15 heavy (non-hydrogen) atoms. The molecule has 0 saturated heterocycles. The van der Waals surface area contributed by atoms with Gasteiger partial charge in [-0.3, -0.25) is 5.32 Å². The Morgan fingerprint density at radius 3 is 3.07 bits per heavy atom. The third-order valence-corrected chi connectivity index (χ3v) is 3.09. The molecule has 0 amide bonds. The lowest BCUT2D eigenvalue weighted by Gasteiger charge is -2.18. The molecule has 0 bridgehead atoms. The van der Waals surface area contributed by atoms with E-state index < -0.39 is 0 Å². The highest BCUT2D eigenvalue weighted by Crippen LogP contribution is 2.30. The zero-order valence-corrected chi connectivity index (χ0v) is 9.24. The summed E-state index contributed by atoms with van der Waals surface area (Å²) in [6, 6.07) is 8.86. The van der Waals surface area contributed by atoms with Crippen molar-refractivity contribution in [2.24, 2.45) is 0 Å². The Hall–Kier alpha value is -0.860. The van der Waals surface area contributed by atoms with Gasteiger partial charge in [0.15, 0.2) is 0 Å². The molecule has 1 aliphatic rings. The Kier molecular flexibility index (Phi) is 3.39. The van der Waals surface area contributed by atoms with Crippen LogP contribution in [0.5, 0.6) is 0 Å². The standard InChI is InChI=1S/C13H19NO/c1-2-5-13(15)14-12-9-8-10-6-3-4-7-11(10)12/h3-4,6-7,12-15H,2,5,8-9H2,1H3. The van der Waals surface area contributed by atoms with Crippen molar-refractivity contribution in [3.05, 3.63) is 35.4 Å². The van der Waals surface area contributed by atoms with Crippen LogP contribution in [-0.4, -0.2) is 11.3 Å². The van der Waals surface area contributed by atoms with Gasteiger partial charge in [-0.25, -0.2) is 0 Å². The van der Waals surface area contributed by atoms with Crippen molar-refractivity contribution in [2.75, 3.05) is 0 Å². The van der Waals surface area contributed by atoms with E-state index in [0.717, 1.165) is 25.7 Å². The number of aliphatic hydroxyl groups excluding tert-OH is 1. The van der Waals surface area contributed by atoms with Gasteiger partial charge in [0.05, 0.1) is 0 Å². The van der Waals surface area contributed by atoms with Crippen LogP contribution in [0.4, 0.5) is 0 Å². The van der Waals surface area contributed by atoms with Gasteiger partial charge in [-0.05, 0) is 30.4 Å². The van der Waals surface area contributed by atoms with Crippen LogP contribution in [0.1, 0.15) is 43.4 Å². The highest BCUT2D eigenvalue weighted by Gasteiger charge is 2.22. The summed E-state index contributed by atoms with van der Waals surface area (Å²) < 4.78 is 0. The molecular weight excluding hydrogens is 186 g/mol. The normalized spacial score (nSPS) is 21.3. The first kappa shape index (κ1) is 10.7. The van der Waals surface area contributed by atoms with E-state index in [-0.39, 0.29) is 6.23 Å². The van der Waals surface area contributed by atoms with E-state index in [1.54, 1.807) is 0 Å². The fraction of sp³-hybridized carbons (Fsp3) is 0.538. The zero-order valence-electron chi connectivity index (χ0n) is 9.24. The summed E-state index contributed by atoms with van der Waals surface area (Å²) in [5.41, 5.74) is 2.80. The molecule has 2 unspecified atom stereocenters. The summed E-state index contributed by atoms with van der Waals surface area (Å²) >= 11 is 0. The van der Waals surface area contributed by atoms with Crippen molar-refractivity contribution in [3.8, 4) is 0 Å². The molecule has 0 radical (unpaired) electrons. The maximum atomic E-state index is 9.72. The summed E-state index contributed by atoms with van der Waals surface area (Å²) in [5, 5.41) is 13.0. The van der Waals surface area contributed by atoms with Crippen LogP contribution in [-0.2, 0) is 6.42 Å². The van der Waals surface area contributed by atoms with Crippen LogP contribution in [0.3, 0.4) is 0 Å². The molecule has 0 aromatic heterocycles. The van der Waals surface area contributed by atoms with Gasteiger partial charge in [0.2, 0.25) is 0 Å². The van der Waals surface area contributed by atoms with E-state index in [0.29, 0.717) is 6.04 Å². The van der Waals surface area contributed by atoms with Gasteiger partial charge < -0.3 is 5.11 Å². The molecule has 2 rings (SSSR count). The number of hydrogen-bond donors (Lipinski definition) is 2. The van der Waals surface area contributed by atoms with E-state index in [2.05, 4.69) is 36.5 Å². The Balaban J connectivity index is 2.01. The first-order valence-electron chi connectivity index (χ1n) is 5.83. The van der Waals surface area contributed by atoms with E-state index in [1.807, 2.05) is 0 Å². The molecule has 0 fully saturated rings. The van der Waals surface area contributed by atoms with E-state index in [9.17, 15) is 5.11 Å². The first-order valence-corrected chi connectivity index (χ1v) is 5.83. The molecular formula is C13H19NO. The number of nitrogens with one attached hydrogen (secondary N) is 1. The average molecular weight is 205 g/mol. The van der Waals surface area contributed by atoms with Crippen LogP contribution in [0.2, 0.25) is 0 Å². The molecule has 1 aliphatic carbocycles. The van der Waals surface area contributed by atoms with Crippen molar-refractivity contribution >= 4 is 0 Å². The maximum absolute atomic E-state index is 9.72. The molecule has 2 N–H and O–H groups in total. The zero-order chi connectivity index (χ0) is 10.7. The van der Waals surface area contributed by atoms with Crippen LogP contribution in [0.25, 0.3) is 0 Å². The van der Waals surface area contributed by atoms with Gasteiger partial charge in [-0.2, -0.15) is 0 Å². The van der Waals surface area contributed by atoms with Gasteiger partial charge in [-0.15, -0.1) is 0 Å². The lowest BCUT2D eigenvalue weighted by atomic mass is 10.1. The Morgan fingerprint density at radius 2 is 2.27 bits per heavy atom. The fourth-order valence-corrected chi connectivity index (χ4v) is 2.32. The van der Waals surface area contributed by atoms with Gasteiger partial charge in [0, 0.05) is 6.04 Å². The summed E-state index contributed by atoms with van der Waals surface area (Å²) in [6.07, 6.45) is 3.74. The smallest absolute Gasteiger partial charge is 0.105 e. The number of aryl methyl sites for hydroxylation is 1. The number of hydrogen-bond acceptors (Lipinski definition) is 2. The topological polar surface area (TPSA) is 32.3 Å². The minimum atomic E-state index is -0.355. The predicted octanol–water partition coefficient (Wildman–Crippen LogP) is 2.38. The van der Waals surface area contributed by atoms with Crippen LogP contribution in [0, 0.1) is 0 Å². The highest BCUT2D eigenvalue weighted by molar-refractivity contribution is 5.34. The van der Waals surface area contributed by atoms with Gasteiger partial charge in [0.1, 0.15) is 6.23 Å². The predicted molar refractivity (Wildman–Crippen MR) is 61.6 cm³/mol. The quantitative estimate of drug-likeness (QED) is 0.740.